The fourth-order valence-corrected chi connectivity index (χ4v) is 5.55. The molecule has 1 amide bonds. The van der Waals surface area contributed by atoms with Crippen LogP contribution in [0.3, 0.4) is 0 Å². The topological polar surface area (TPSA) is 83.5 Å². The molecule has 5 nitrogen and oxygen atoms in total. The fraction of sp³-hybridized carbons (Fsp3) is 0.929. The number of hydrogen-bond acceptors (Lipinski definition) is 3. The maximum atomic E-state index is 12.0. The van der Waals surface area contributed by atoms with Gasteiger partial charge in [-0.3, -0.25) is 9.35 Å². The first-order chi connectivity index (χ1) is 9.34. The van der Waals surface area contributed by atoms with Gasteiger partial charge in [0.05, 0.1) is 5.75 Å². The van der Waals surface area contributed by atoms with Crippen molar-refractivity contribution in [2.24, 2.45) is 17.8 Å². The summed E-state index contributed by atoms with van der Waals surface area (Å²) in [7, 11) is -3.95. The zero-order chi connectivity index (χ0) is 14.4. The molecule has 0 atom stereocenters. The monoisotopic (exact) mass is 301 g/mol. The van der Waals surface area contributed by atoms with E-state index in [1.54, 1.807) is 0 Å². The lowest BCUT2D eigenvalue weighted by molar-refractivity contribution is -0.126. The molecule has 2 N–H and O–H groups in total. The predicted octanol–water partition coefficient (Wildman–Crippen LogP) is 1.74. The van der Waals surface area contributed by atoms with Crippen LogP contribution in [-0.2, 0) is 14.9 Å². The normalized spacial score (nSPS) is 39.0. The van der Waals surface area contributed by atoms with Gasteiger partial charge in [-0.1, -0.05) is 0 Å². The summed E-state index contributed by atoms with van der Waals surface area (Å²) in [6.07, 6.45) is 7.67. The maximum Gasteiger partial charge on any atom is 0.264 e. The van der Waals surface area contributed by atoms with Crippen LogP contribution >= 0.6 is 0 Å². The maximum absolute atomic E-state index is 12.0. The molecule has 4 fully saturated rings. The van der Waals surface area contributed by atoms with Crippen molar-refractivity contribution in [1.29, 1.82) is 0 Å². The van der Waals surface area contributed by atoms with Gasteiger partial charge in [-0.05, 0) is 62.7 Å². The molecular formula is C14H23NO4S. The molecule has 0 saturated heterocycles. The van der Waals surface area contributed by atoms with Gasteiger partial charge >= 0.3 is 0 Å². The van der Waals surface area contributed by atoms with E-state index in [1.165, 1.54) is 19.3 Å². The molecule has 0 aromatic carbocycles. The highest BCUT2D eigenvalue weighted by atomic mass is 32.2. The van der Waals surface area contributed by atoms with Gasteiger partial charge in [-0.2, -0.15) is 8.42 Å². The van der Waals surface area contributed by atoms with Crippen molar-refractivity contribution in [3.63, 3.8) is 0 Å². The quantitative estimate of drug-likeness (QED) is 0.758. The number of hydrogen-bond donors (Lipinski definition) is 2. The lowest BCUT2D eigenvalue weighted by Crippen LogP contribution is -2.59. The molecule has 4 aliphatic rings. The Bertz CT molecular complexity index is 464. The number of amides is 1. The minimum Gasteiger partial charge on any atom is -0.351 e. The summed E-state index contributed by atoms with van der Waals surface area (Å²) in [5.74, 6) is 1.94. The van der Waals surface area contributed by atoms with Gasteiger partial charge in [0.15, 0.2) is 0 Å². The SMILES string of the molecule is O=C(CCCS(=O)(=O)O)NC12CC3CC(CC(C3)C1)C2. The van der Waals surface area contributed by atoms with E-state index >= 15 is 0 Å². The van der Waals surface area contributed by atoms with Gasteiger partial charge in [0.1, 0.15) is 0 Å². The summed E-state index contributed by atoms with van der Waals surface area (Å²) < 4.78 is 30.0. The number of rotatable bonds is 5. The Kier molecular flexibility index (Phi) is 3.57. The number of nitrogens with one attached hydrogen (secondary N) is 1. The molecular weight excluding hydrogens is 278 g/mol. The van der Waals surface area contributed by atoms with E-state index in [1.807, 2.05) is 0 Å². The van der Waals surface area contributed by atoms with E-state index < -0.39 is 10.1 Å². The molecule has 4 aliphatic carbocycles. The van der Waals surface area contributed by atoms with Crippen LogP contribution in [0.2, 0.25) is 0 Å². The summed E-state index contributed by atoms with van der Waals surface area (Å²) in [6.45, 7) is 0. The van der Waals surface area contributed by atoms with Crippen molar-refractivity contribution in [2.75, 3.05) is 5.75 Å². The van der Waals surface area contributed by atoms with E-state index in [-0.39, 0.29) is 30.0 Å². The Morgan fingerprint density at radius 1 is 1.10 bits per heavy atom. The number of carbonyl (C=O) groups excluding carboxylic acids is 1. The molecule has 0 aromatic heterocycles. The van der Waals surface area contributed by atoms with Gasteiger partial charge in [0.2, 0.25) is 5.91 Å². The average molecular weight is 301 g/mol. The highest BCUT2D eigenvalue weighted by Gasteiger charge is 2.51. The molecule has 20 heavy (non-hydrogen) atoms. The Hall–Kier alpha value is -0.620. The Morgan fingerprint density at radius 2 is 1.60 bits per heavy atom. The highest BCUT2D eigenvalue weighted by molar-refractivity contribution is 7.85. The van der Waals surface area contributed by atoms with Crippen LogP contribution in [-0.4, -0.2) is 30.2 Å². The van der Waals surface area contributed by atoms with E-state index in [0.717, 1.165) is 37.0 Å². The van der Waals surface area contributed by atoms with Crippen molar-refractivity contribution in [2.45, 2.75) is 56.9 Å². The van der Waals surface area contributed by atoms with Crippen molar-refractivity contribution < 1.29 is 17.8 Å². The van der Waals surface area contributed by atoms with Crippen LogP contribution in [0, 0.1) is 17.8 Å². The standard InChI is InChI=1S/C14H23NO4S/c16-13(2-1-3-20(17,18)19)15-14-7-10-4-11(8-14)6-12(5-10)9-14/h10-12H,1-9H2,(H,15,16)(H,17,18,19). The summed E-state index contributed by atoms with van der Waals surface area (Å²) in [6, 6.07) is 0. The van der Waals surface area contributed by atoms with Crippen molar-refractivity contribution >= 4 is 16.0 Å². The largest absolute Gasteiger partial charge is 0.351 e. The third-order valence-electron chi connectivity index (χ3n) is 5.25. The predicted molar refractivity (Wildman–Crippen MR) is 74.7 cm³/mol. The van der Waals surface area contributed by atoms with Gasteiger partial charge in [-0.15, -0.1) is 0 Å². The summed E-state index contributed by atoms with van der Waals surface area (Å²) in [5, 5.41) is 3.20. The minimum absolute atomic E-state index is 0.01000. The molecule has 114 valence electrons. The number of carbonyl (C=O) groups is 1. The van der Waals surface area contributed by atoms with E-state index in [9.17, 15) is 13.2 Å². The minimum atomic E-state index is -3.95. The summed E-state index contributed by atoms with van der Waals surface area (Å²) in [4.78, 5) is 12.0. The van der Waals surface area contributed by atoms with Crippen LogP contribution in [0.4, 0.5) is 0 Å². The molecule has 0 spiro atoms. The average Bonchev–Trinajstić information content (AvgIpc) is 2.23. The molecule has 0 heterocycles. The molecule has 4 rings (SSSR count). The van der Waals surface area contributed by atoms with E-state index in [0.29, 0.717) is 0 Å². The molecule has 6 heteroatoms. The first-order valence-electron chi connectivity index (χ1n) is 7.60. The molecule has 0 unspecified atom stereocenters. The van der Waals surface area contributed by atoms with Gasteiger partial charge in [-0.25, -0.2) is 0 Å². The zero-order valence-electron chi connectivity index (χ0n) is 11.7. The third kappa shape index (κ3) is 3.17. The van der Waals surface area contributed by atoms with Gasteiger partial charge in [0, 0.05) is 12.0 Å². The van der Waals surface area contributed by atoms with Crippen molar-refractivity contribution in [3.05, 3.63) is 0 Å². The molecule has 0 radical (unpaired) electrons. The van der Waals surface area contributed by atoms with Crippen LogP contribution in [0.1, 0.15) is 51.4 Å². The van der Waals surface area contributed by atoms with E-state index in [2.05, 4.69) is 5.32 Å². The lowest BCUT2D eigenvalue weighted by Gasteiger charge is -2.56. The van der Waals surface area contributed by atoms with Crippen LogP contribution in [0.25, 0.3) is 0 Å². The summed E-state index contributed by atoms with van der Waals surface area (Å²) >= 11 is 0. The molecule has 4 bridgehead atoms. The van der Waals surface area contributed by atoms with Crippen LogP contribution < -0.4 is 5.32 Å². The van der Waals surface area contributed by atoms with Crippen molar-refractivity contribution in [3.8, 4) is 0 Å². The molecule has 0 aromatic rings. The lowest BCUT2D eigenvalue weighted by atomic mass is 9.53. The van der Waals surface area contributed by atoms with Crippen LogP contribution in [0.15, 0.2) is 0 Å². The third-order valence-corrected chi connectivity index (χ3v) is 6.05. The van der Waals surface area contributed by atoms with Crippen molar-refractivity contribution in [1.82, 2.24) is 5.32 Å². The molecule has 4 saturated carbocycles. The smallest absolute Gasteiger partial charge is 0.264 e. The Labute approximate surface area is 120 Å². The fourth-order valence-electron chi connectivity index (χ4n) is 5.04. The Morgan fingerprint density at radius 3 is 2.05 bits per heavy atom. The first kappa shape index (κ1) is 14.3. The second-order valence-corrected chi connectivity index (χ2v) is 8.71. The van der Waals surface area contributed by atoms with Gasteiger partial charge in [0.25, 0.3) is 10.1 Å². The molecule has 0 aliphatic heterocycles. The first-order valence-corrected chi connectivity index (χ1v) is 9.21. The summed E-state index contributed by atoms with van der Waals surface area (Å²) in [5.41, 5.74) is -0.01000. The zero-order valence-corrected chi connectivity index (χ0v) is 12.5. The van der Waals surface area contributed by atoms with Gasteiger partial charge < -0.3 is 5.32 Å². The second kappa shape index (κ2) is 4.98. The highest BCUT2D eigenvalue weighted by Crippen LogP contribution is 2.55. The second-order valence-electron chi connectivity index (χ2n) is 7.14. The Balaban J connectivity index is 1.54. The van der Waals surface area contributed by atoms with E-state index in [4.69, 9.17) is 4.55 Å². The van der Waals surface area contributed by atoms with Crippen LogP contribution in [0.5, 0.6) is 0 Å².